The molecule has 3 aromatic rings. The largest absolute Gasteiger partial charge is 0.326 e. The van der Waals surface area contributed by atoms with E-state index in [1.54, 1.807) is 18.3 Å². The third-order valence-electron chi connectivity index (χ3n) is 3.00. The molecule has 0 atom stereocenters. The van der Waals surface area contributed by atoms with Crippen LogP contribution < -0.4 is 0 Å². The molecule has 3 rings (SSSR count). The number of benzene rings is 1. The first-order valence-corrected chi connectivity index (χ1v) is 5.68. The Kier molecular flexibility index (Phi) is 2.50. The molecule has 2 heterocycles. The molecule has 0 unspecified atom stereocenters. The van der Waals surface area contributed by atoms with E-state index in [4.69, 9.17) is 5.26 Å². The first kappa shape index (κ1) is 11.4. The highest BCUT2D eigenvalue weighted by atomic mass is 19.1. The SMILES string of the molecule is Cn1c(-c2ccc(C#N)c(F)c2)nc2ncccc21. The average Bonchev–Trinajstić information content (AvgIpc) is 2.77. The lowest BCUT2D eigenvalue weighted by atomic mass is 10.1. The zero-order chi connectivity index (χ0) is 13.4. The average molecular weight is 252 g/mol. The predicted molar refractivity (Wildman–Crippen MR) is 68.6 cm³/mol. The lowest BCUT2D eigenvalue weighted by Crippen LogP contribution is -1.94. The minimum absolute atomic E-state index is 0.0284. The van der Waals surface area contributed by atoms with Crippen LogP contribution in [0.5, 0.6) is 0 Å². The summed E-state index contributed by atoms with van der Waals surface area (Å²) in [6, 6.07) is 9.99. The zero-order valence-corrected chi connectivity index (χ0v) is 10.1. The van der Waals surface area contributed by atoms with Crippen molar-refractivity contribution < 1.29 is 4.39 Å². The number of fused-ring (bicyclic) bond motifs is 1. The maximum atomic E-state index is 13.6. The van der Waals surface area contributed by atoms with E-state index >= 15 is 0 Å². The van der Waals surface area contributed by atoms with Crippen LogP contribution in [0.2, 0.25) is 0 Å². The second-order valence-electron chi connectivity index (χ2n) is 4.15. The van der Waals surface area contributed by atoms with Crippen LogP contribution in [0.4, 0.5) is 4.39 Å². The van der Waals surface area contributed by atoms with Crippen LogP contribution in [-0.4, -0.2) is 14.5 Å². The molecule has 5 heteroatoms. The third-order valence-corrected chi connectivity index (χ3v) is 3.00. The van der Waals surface area contributed by atoms with Gasteiger partial charge < -0.3 is 4.57 Å². The molecule has 0 amide bonds. The second-order valence-corrected chi connectivity index (χ2v) is 4.15. The number of rotatable bonds is 1. The van der Waals surface area contributed by atoms with Crippen molar-refractivity contribution in [2.24, 2.45) is 7.05 Å². The molecule has 0 radical (unpaired) electrons. The smallest absolute Gasteiger partial charge is 0.178 e. The fourth-order valence-electron chi connectivity index (χ4n) is 2.03. The van der Waals surface area contributed by atoms with E-state index in [9.17, 15) is 4.39 Å². The highest BCUT2D eigenvalue weighted by Crippen LogP contribution is 2.23. The van der Waals surface area contributed by atoms with Crippen molar-refractivity contribution in [2.75, 3.05) is 0 Å². The summed E-state index contributed by atoms with van der Waals surface area (Å²) >= 11 is 0. The number of imidazole rings is 1. The lowest BCUT2D eigenvalue weighted by molar-refractivity contribution is 0.624. The van der Waals surface area contributed by atoms with E-state index in [1.165, 1.54) is 12.1 Å². The quantitative estimate of drug-likeness (QED) is 0.669. The molecule has 0 spiro atoms. The number of hydrogen-bond acceptors (Lipinski definition) is 3. The van der Waals surface area contributed by atoms with Crippen LogP contribution >= 0.6 is 0 Å². The van der Waals surface area contributed by atoms with Crippen molar-refractivity contribution in [2.45, 2.75) is 0 Å². The molecular formula is C14H9FN4. The van der Waals surface area contributed by atoms with Gasteiger partial charge in [-0.3, -0.25) is 0 Å². The van der Waals surface area contributed by atoms with Gasteiger partial charge in [-0.15, -0.1) is 0 Å². The molecule has 4 nitrogen and oxygen atoms in total. The Morgan fingerprint density at radius 2 is 2.16 bits per heavy atom. The lowest BCUT2D eigenvalue weighted by Gasteiger charge is -2.03. The van der Waals surface area contributed by atoms with Crippen molar-refractivity contribution in [3.63, 3.8) is 0 Å². The summed E-state index contributed by atoms with van der Waals surface area (Å²) in [7, 11) is 1.85. The number of pyridine rings is 1. The van der Waals surface area contributed by atoms with E-state index in [0.29, 0.717) is 17.0 Å². The van der Waals surface area contributed by atoms with Gasteiger partial charge in [0.1, 0.15) is 17.7 Å². The highest BCUT2D eigenvalue weighted by Gasteiger charge is 2.12. The molecule has 0 aliphatic carbocycles. The van der Waals surface area contributed by atoms with E-state index in [1.807, 2.05) is 23.7 Å². The summed E-state index contributed by atoms with van der Waals surface area (Å²) in [5.41, 5.74) is 2.14. The first-order valence-electron chi connectivity index (χ1n) is 5.68. The van der Waals surface area contributed by atoms with Crippen molar-refractivity contribution in [1.82, 2.24) is 14.5 Å². The van der Waals surface area contributed by atoms with Crippen LogP contribution in [0.3, 0.4) is 0 Å². The Morgan fingerprint density at radius 3 is 2.84 bits per heavy atom. The fraction of sp³-hybridized carbons (Fsp3) is 0.0714. The van der Waals surface area contributed by atoms with E-state index in [0.717, 1.165) is 5.52 Å². The minimum atomic E-state index is -0.542. The van der Waals surface area contributed by atoms with Crippen molar-refractivity contribution in [3.8, 4) is 17.5 Å². The van der Waals surface area contributed by atoms with Crippen molar-refractivity contribution in [3.05, 3.63) is 47.9 Å². The van der Waals surface area contributed by atoms with Gasteiger partial charge in [0.2, 0.25) is 0 Å². The Hall–Kier alpha value is -2.74. The van der Waals surface area contributed by atoms with Gasteiger partial charge in [0.15, 0.2) is 5.65 Å². The highest BCUT2D eigenvalue weighted by molar-refractivity contribution is 5.77. The molecule has 0 aliphatic heterocycles. The Balaban J connectivity index is 2.22. The second kappa shape index (κ2) is 4.18. The first-order chi connectivity index (χ1) is 9.20. The summed E-state index contributed by atoms with van der Waals surface area (Å²) in [5, 5.41) is 8.73. The third kappa shape index (κ3) is 1.74. The van der Waals surface area contributed by atoms with Crippen LogP contribution in [0.15, 0.2) is 36.5 Å². The number of aromatic nitrogens is 3. The number of nitrogens with zero attached hydrogens (tertiary/aromatic N) is 4. The van der Waals surface area contributed by atoms with Crippen LogP contribution in [0.25, 0.3) is 22.6 Å². The molecule has 0 saturated heterocycles. The van der Waals surface area contributed by atoms with Crippen molar-refractivity contribution in [1.29, 1.82) is 5.26 Å². The van der Waals surface area contributed by atoms with Gasteiger partial charge in [0.25, 0.3) is 0 Å². The van der Waals surface area contributed by atoms with Crippen molar-refractivity contribution >= 4 is 11.2 Å². The summed E-state index contributed by atoms with van der Waals surface area (Å²) in [6.07, 6.45) is 1.67. The van der Waals surface area contributed by atoms with E-state index in [2.05, 4.69) is 9.97 Å². The standard InChI is InChI=1S/C14H9FN4/c1-19-12-3-2-6-17-13(12)18-14(19)9-4-5-10(8-16)11(15)7-9/h2-7H,1H3. The maximum Gasteiger partial charge on any atom is 0.178 e. The van der Waals surface area contributed by atoms with Crippen LogP contribution in [0.1, 0.15) is 5.56 Å². The van der Waals surface area contributed by atoms with Gasteiger partial charge in [-0.05, 0) is 30.3 Å². The maximum absolute atomic E-state index is 13.6. The number of aryl methyl sites for hydroxylation is 1. The molecule has 0 saturated carbocycles. The topological polar surface area (TPSA) is 54.5 Å². The van der Waals surface area contributed by atoms with Crippen LogP contribution in [-0.2, 0) is 7.05 Å². The van der Waals surface area contributed by atoms with Gasteiger partial charge in [-0.25, -0.2) is 14.4 Å². The normalized spacial score (nSPS) is 10.6. The van der Waals surface area contributed by atoms with E-state index < -0.39 is 5.82 Å². The fourth-order valence-corrected chi connectivity index (χ4v) is 2.03. The molecular weight excluding hydrogens is 243 g/mol. The summed E-state index contributed by atoms with van der Waals surface area (Å²) in [6.45, 7) is 0. The van der Waals surface area contributed by atoms with Gasteiger partial charge >= 0.3 is 0 Å². The monoisotopic (exact) mass is 252 g/mol. The van der Waals surface area contributed by atoms with Gasteiger partial charge in [0.05, 0.1) is 11.1 Å². The minimum Gasteiger partial charge on any atom is -0.326 e. The predicted octanol–water partition coefficient (Wildman–Crippen LogP) is 2.65. The molecule has 2 aromatic heterocycles. The number of halogens is 1. The molecule has 0 aliphatic rings. The molecule has 19 heavy (non-hydrogen) atoms. The summed E-state index contributed by atoms with van der Waals surface area (Å²) < 4.78 is 15.5. The molecule has 0 fully saturated rings. The molecule has 0 N–H and O–H groups in total. The Bertz CT molecular complexity index is 814. The van der Waals surface area contributed by atoms with Gasteiger partial charge in [0, 0.05) is 18.8 Å². The molecule has 92 valence electrons. The number of hydrogen-bond donors (Lipinski definition) is 0. The number of nitriles is 1. The zero-order valence-electron chi connectivity index (χ0n) is 10.1. The summed E-state index contributed by atoms with van der Waals surface area (Å²) in [5.74, 6) is 0.0807. The van der Waals surface area contributed by atoms with Gasteiger partial charge in [-0.2, -0.15) is 5.26 Å². The van der Waals surface area contributed by atoms with Crippen LogP contribution in [0, 0.1) is 17.1 Å². The van der Waals surface area contributed by atoms with E-state index in [-0.39, 0.29) is 5.56 Å². The molecule has 1 aromatic carbocycles. The Labute approximate surface area is 108 Å². The summed E-state index contributed by atoms with van der Waals surface area (Å²) in [4.78, 5) is 8.55. The molecule has 0 bridgehead atoms. The van der Waals surface area contributed by atoms with Gasteiger partial charge in [-0.1, -0.05) is 0 Å². The Morgan fingerprint density at radius 1 is 1.32 bits per heavy atom.